The van der Waals surface area contributed by atoms with Crippen molar-refractivity contribution in [3.8, 4) is 0 Å². The average Bonchev–Trinajstić information content (AvgIpc) is 3.26. The number of hydrogen-bond acceptors (Lipinski definition) is 3. The summed E-state index contributed by atoms with van der Waals surface area (Å²) in [6.45, 7) is 3.57. The molecule has 0 unspecified atom stereocenters. The number of likely N-dealkylation sites (tertiary alicyclic amines) is 1. The molecule has 0 aromatic carbocycles. The Hall–Kier alpha value is -1.30. The molecular formula is C22H41N5O. The van der Waals surface area contributed by atoms with Crippen molar-refractivity contribution in [1.82, 2.24) is 20.4 Å². The van der Waals surface area contributed by atoms with E-state index in [2.05, 4.69) is 20.5 Å². The van der Waals surface area contributed by atoms with Crippen LogP contribution >= 0.6 is 0 Å². The van der Waals surface area contributed by atoms with E-state index in [4.69, 9.17) is 0 Å². The molecule has 0 atom stereocenters. The summed E-state index contributed by atoms with van der Waals surface area (Å²) in [7, 11) is 3.58. The van der Waals surface area contributed by atoms with Crippen molar-refractivity contribution in [2.45, 2.75) is 82.7 Å². The number of carbonyl (C=O) groups is 1. The molecule has 1 amide bonds. The second-order valence-electron chi connectivity index (χ2n) is 9.23. The molecule has 28 heavy (non-hydrogen) atoms. The van der Waals surface area contributed by atoms with E-state index in [1.165, 1.54) is 83.7 Å². The molecule has 0 aromatic heterocycles. The Labute approximate surface area is 171 Å². The molecule has 0 bridgehead atoms. The zero-order valence-electron chi connectivity index (χ0n) is 18.1. The van der Waals surface area contributed by atoms with E-state index in [0.29, 0.717) is 6.04 Å². The number of piperidine rings is 1. The molecule has 2 aliphatic carbocycles. The van der Waals surface area contributed by atoms with Gasteiger partial charge in [0, 0.05) is 45.8 Å². The molecule has 3 rings (SSSR count). The van der Waals surface area contributed by atoms with E-state index < -0.39 is 0 Å². The van der Waals surface area contributed by atoms with Crippen LogP contribution in [0.5, 0.6) is 0 Å². The van der Waals surface area contributed by atoms with Gasteiger partial charge in [0.25, 0.3) is 0 Å². The van der Waals surface area contributed by atoms with Crippen molar-refractivity contribution in [3.05, 3.63) is 0 Å². The molecule has 0 aromatic rings. The summed E-state index contributed by atoms with van der Waals surface area (Å²) in [5.41, 5.74) is 0. The van der Waals surface area contributed by atoms with E-state index in [1.807, 2.05) is 0 Å². The van der Waals surface area contributed by atoms with E-state index in [9.17, 15) is 4.79 Å². The van der Waals surface area contributed by atoms with Crippen molar-refractivity contribution < 1.29 is 4.79 Å². The van der Waals surface area contributed by atoms with Crippen LogP contribution in [0.2, 0.25) is 0 Å². The number of aliphatic imine (C=N–C) groups is 1. The summed E-state index contributed by atoms with van der Waals surface area (Å²) in [4.78, 5) is 20.9. The van der Waals surface area contributed by atoms with Gasteiger partial charge in [-0.2, -0.15) is 0 Å². The highest BCUT2D eigenvalue weighted by Crippen LogP contribution is 2.26. The second kappa shape index (κ2) is 11.0. The molecule has 1 saturated heterocycles. The lowest BCUT2D eigenvalue weighted by molar-refractivity contribution is -0.127. The second-order valence-corrected chi connectivity index (χ2v) is 9.23. The fraction of sp³-hybridized carbons (Fsp3) is 0.909. The summed E-state index contributed by atoms with van der Waals surface area (Å²) < 4.78 is 0. The highest BCUT2D eigenvalue weighted by atomic mass is 16.2. The first-order valence-corrected chi connectivity index (χ1v) is 11.6. The van der Waals surface area contributed by atoms with Gasteiger partial charge in [-0.1, -0.05) is 32.1 Å². The molecule has 6 heteroatoms. The lowest BCUT2D eigenvalue weighted by atomic mass is 9.89. The van der Waals surface area contributed by atoms with Crippen LogP contribution in [-0.4, -0.2) is 74.0 Å². The highest BCUT2D eigenvalue weighted by Gasteiger charge is 2.27. The summed E-state index contributed by atoms with van der Waals surface area (Å²) in [5, 5.41) is 7.19. The first-order valence-electron chi connectivity index (χ1n) is 11.6. The Morgan fingerprint density at radius 1 is 0.964 bits per heavy atom. The third-order valence-electron chi connectivity index (χ3n) is 6.87. The molecule has 3 fully saturated rings. The SMILES string of the molecule is CN(C)C(=O)CN=C(NCC1CCCCC1)NC1CCN(C2CCCC2)CC1. The van der Waals surface area contributed by atoms with Crippen molar-refractivity contribution in [3.63, 3.8) is 0 Å². The first kappa shape index (κ1) is 21.4. The van der Waals surface area contributed by atoms with Crippen LogP contribution < -0.4 is 10.6 Å². The van der Waals surface area contributed by atoms with Gasteiger partial charge in [-0.05, 0) is 44.4 Å². The highest BCUT2D eigenvalue weighted by molar-refractivity contribution is 5.84. The minimum atomic E-state index is 0.0508. The molecule has 3 aliphatic rings. The van der Waals surface area contributed by atoms with E-state index >= 15 is 0 Å². The van der Waals surface area contributed by atoms with E-state index in [-0.39, 0.29) is 12.5 Å². The maximum absolute atomic E-state index is 12.0. The smallest absolute Gasteiger partial charge is 0.243 e. The number of guanidine groups is 1. The number of carbonyl (C=O) groups excluding carboxylic acids is 1. The standard InChI is InChI=1S/C22H41N5O/c1-26(2)21(28)17-24-22(23-16-18-8-4-3-5-9-18)25-19-12-14-27(15-13-19)20-10-6-7-11-20/h18-20H,3-17H2,1-2H3,(H2,23,24,25). The van der Waals surface area contributed by atoms with Crippen LogP contribution in [0.1, 0.15) is 70.6 Å². The topological polar surface area (TPSA) is 60.0 Å². The Morgan fingerprint density at radius 2 is 1.61 bits per heavy atom. The van der Waals surface area contributed by atoms with Gasteiger partial charge in [0.2, 0.25) is 5.91 Å². The molecular weight excluding hydrogens is 350 g/mol. The molecule has 2 saturated carbocycles. The molecule has 1 aliphatic heterocycles. The van der Waals surface area contributed by atoms with Crippen LogP contribution in [0.4, 0.5) is 0 Å². The van der Waals surface area contributed by atoms with Gasteiger partial charge < -0.3 is 20.4 Å². The van der Waals surface area contributed by atoms with Crippen molar-refractivity contribution in [2.75, 3.05) is 40.3 Å². The van der Waals surface area contributed by atoms with E-state index in [0.717, 1.165) is 24.5 Å². The lowest BCUT2D eigenvalue weighted by Crippen LogP contribution is -2.51. The van der Waals surface area contributed by atoms with Crippen LogP contribution in [0.3, 0.4) is 0 Å². The number of nitrogens with zero attached hydrogens (tertiary/aromatic N) is 3. The third kappa shape index (κ3) is 6.64. The Morgan fingerprint density at radius 3 is 2.25 bits per heavy atom. The molecule has 2 N–H and O–H groups in total. The maximum Gasteiger partial charge on any atom is 0.243 e. The number of nitrogens with one attached hydrogen (secondary N) is 2. The summed E-state index contributed by atoms with van der Waals surface area (Å²) >= 11 is 0. The quantitative estimate of drug-likeness (QED) is 0.540. The summed E-state index contributed by atoms with van der Waals surface area (Å²) in [6, 6.07) is 1.29. The summed E-state index contributed by atoms with van der Waals surface area (Å²) in [6.07, 6.45) is 14.6. The number of hydrogen-bond donors (Lipinski definition) is 2. The Balaban J connectivity index is 1.49. The molecule has 0 spiro atoms. The largest absolute Gasteiger partial charge is 0.356 e. The monoisotopic (exact) mass is 391 g/mol. The Kier molecular flexibility index (Phi) is 8.44. The number of likely N-dealkylation sites (N-methyl/N-ethyl adjacent to an activating group) is 1. The van der Waals surface area contributed by atoms with E-state index in [1.54, 1.807) is 19.0 Å². The fourth-order valence-electron chi connectivity index (χ4n) is 4.94. The number of rotatable bonds is 6. The Bertz CT molecular complexity index is 501. The molecule has 1 heterocycles. The minimum Gasteiger partial charge on any atom is -0.356 e. The van der Waals surface area contributed by atoms with Crippen molar-refractivity contribution in [2.24, 2.45) is 10.9 Å². The van der Waals surface area contributed by atoms with Gasteiger partial charge >= 0.3 is 0 Å². The van der Waals surface area contributed by atoms with Crippen LogP contribution in [0.25, 0.3) is 0 Å². The van der Waals surface area contributed by atoms with Crippen molar-refractivity contribution in [1.29, 1.82) is 0 Å². The van der Waals surface area contributed by atoms with Gasteiger partial charge in [0.1, 0.15) is 6.54 Å². The zero-order valence-corrected chi connectivity index (χ0v) is 18.1. The lowest BCUT2D eigenvalue weighted by Gasteiger charge is -2.36. The van der Waals surface area contributed by atoms with Gasteiger partial charge in [-0.25, -0.2) is 4.99 Å². The molecule has 6 nitrogen and oxygen atoms in total. The predicted octanol–water partition coefficient (Wildman–Crippen LogP) is 2.60. The zero-order chi connectivity index (χ0) is 19.8. The van der Waals surface area contributed by atoms with Crippen LogP contribution in [-0.2, 0) is 4.79 Å². The first-order chi connectivity index (χ1) is 13.6. The van der Waals surface area contributed by atoms with Gasteiger partial charge in [-0.15, -0.1) is 0 Å². The average molecular weight is 392 g/mol. The van der Waals surface area contributed by atoms with Gasteiger partial charge in [0.05, 0.1) is 0 Å². The van der Waals surface area contributed by atoms with Gasteiger partial charge in [0.15, 0.2) is 5.96 Å². The predicted molar refractivity (Wildman–Crippen MR) is 116 cm³/mol. The molecule has 0 radical (unpaired) electrons. The maximum atomic E-state index is 12.0. The van der Waals surface area contributed by atoms with Crippen LogP contribution in [0, 0.1) is 5.92 Å². The van der Waals surface area contributed by atoms with Gasteiger partial charge in [-0.3, -0.25) is 4.79 Å². The van der Waals surface area contributed by atoms with Crippen molar-refractivity contribution >= 4 is 11.9 Å². The minimum absolute atomic E-state index is 0.0508. The molecule has 160 valence electrons. The third-order valence-corrected chi connectivity index (χ3v) is 6.87. The number of amides is 1. The van der Waals surface area contributed by atoms with Crippen LogP contribution in [0.15, 0.2) is 4.99 Å². The summed E-state index contributed by atoms with van der Waals surface area (Å²) in [5.74, 6) is 1.63. The fourth-order valence-corrected chi connectivity index (χ4v) is 4.94. The normalized spacial score (nSPS) is 23.7.